The zero-order valence-corrected chi connectivity index (χ0v) is 55.1. The average molecular weight is 1410 g/mol. The Kier molecular flexibility index (Phi) is 22.3. The highest BCUT2D eigenvalue weighted by Gasteiger charge is 2.23. The van der Waals surface area contributed by atoms with Crippen molar-refractivity contribution in [3.63, 3.8) is 0 Å². The molecule has 17 aromatic rings. The van der Waals surface area contributed by atoms with E-state index in [1.54, 1.807) is 38.2 Å². The molecule has 15 N–H and O–H groups in total. The summed E-state index contributed by atoms with van der Waals surface area (Å²) < 4.78 is 10.6. The first-order valence-electron chi connectivity index (χ1n) is 30.1. The number of hydrogen-bond donors (Lipinski definition) is 9. The van der Waals surface area contributed by atoms with Crippen molar-refractivity contribution >= 4 is 124 Å². The van der Waals surface area contributed by atoms with Gasteiger partial charge in [-0.1, -0.05) is 85.1 Å². The number of H-pyrrole nitrogens is 2. The molecule has 31 nitrogen and oxygen atoms in total. The molecule has 530 valence electrons. The second-order valence-corrected chi connectivity index (χ2v) is 23.3. The normalized spacial score (nSPS) is 10.7. The largest absolute Gasteiger partial charge is 0.508 e. The van der Waals surface area contributed by atoms with E-state index >= 15 is 0 Å². The first-order chi connectivity index (χ1) is 47.1. The van der Waals surface area contributed by atoms with E-state index in [2.05, 4.69) is 128 Å². The molecule has 0 radical (unpaired) electrons. The van der Waals surface area contributed by atoms with Crippen LogP contribution in [0.4, 0.5) is 34.8 Å². The maximum atomic E-state index is 9.59. The molecule has 0 spiro atoms. The monoisotopic (exact) mass is 1410 g/mol. The van der Waals surface area contributed by atoms with Gasteiger partial charge in [-0.3, -0.25) is 0 Å². The molecule has 0 saturated carbocycles. The second kappa shape index (κ2) is 30.4. The molecule has 0 aliphatic carbocycles. The van der Waals surface area contributed by atoms with Crippen molar-refractivity contribution in [1.82, 2.24) is 114 Å². The van der Waals surface area contributed by atoms with Crippen molar-refractivity contribution in [3.05, 3.63) is 157 Å². The number of halogens is 1. The van der Waals surface area contributed by atoms with Gasteiger partial charge in [0.2, 0.25) is 6.33 Å². The number of aromatic hydroxyl groups is 1. The summed E-state index contributed by atoms with van der Waals surface area (Å²) in [5.74, 6) is 3.12. The quantitative estimate of drug-likeness (QED) is 0.0571. The van der Waals surface area contributed by atoms with Crippen molar-refractivity contribution < 1.29 is 9.79 Å². The van der Waals surface area contributed by atoms with Crippen LogP contribution in [0.25, 0.3) is 134 Å². The second-order valence-electron chi connectivity index (χ2n) is 22.9. The van der Waals surface area contributed by atoms with Crippen molar-refractivity contribution in [3.8, 4) is 62.0 Å². The van der Waals surface area contributed by atoms with Gasteiger partial charge >= 0.3 is 5.65 Å². The Morgan fingerprint density at radius 2 is 0.874 bits per heavy atom. The zero-order chi connectivity index (χ0) is 69.0. The number of nitrogen functional groups attached to an aromatic ring is 6. The van der Waals surface area contributed by atoms with Crippen molar-refractivity contribution in [2.45, 2.75) is 57.9 Å². The molecule has 17 rings (SSSR count). The molecule has 12 aromatic heterocycles. The molecular weight excluding hydrogens is 1320 g/mol. The van der Waals surface area contributed by atoms with Crippen LogP contribution in [-0.4, -0.2) is 119 Å². The van der Waals surface area contributed by atoms with E-state index in [1.165, 1.54) is 54.9 Å². The maximum absolute atomic E-state index is 9.59. The van der Waals surface area contributed by atoms with Gasteiger partial charge in [0.25, 0.3) is 0 Å². The summed E-state index contributed by atoms with van der Waals surface area (Å²) >= 11 is 6.15. The lowest BCUT2D eigenvalue weighted by molar-refractivity contribution is -0.703. The van der Waals surface area contributed by atoms with Gasteiger partial charge in [-0.25, -0.2) is 73.7 Å². The van der Waals surface area contributed by atoms with Crippen LogP contribution >= 0.6 is 11.6 Å². The predicted octanol–water partition coefficient (Wildman–Crippen LogP) is 11.3. The highest BCUT2D eigenvalue weighted by atomic mass is 35.5. The fraction of sp³-hybridized carbons (Fsp3) is 0.197. The maximum Gasteiger partial charge on any atom is 0.356 e. The Labute approximate surface area is 597 Å². The smallest absolute Gasteiger partial charge is 0.356 e. The number of hydrogen-bond acceptors (Lipinski definition) is 23. The summed E-state index contributed by atoms with van der Waals surface area (Å²) in [6.07, 6.45) is 9.01. The summed E-state index contributed by atoms with van der Waals surface area (Å²) in [5.41, 5.74) is 54.6. The summed E-state index contributed by atoms with van der Waals surface area (Å²) in [5, 5.41) is 35.0. The van der Waals surface area contributed by atoms with Crippen LogP contribution < -0.4 is 39.1 Å². The zero-order valence-electron chi connectivity index (χ0n) is 54.3. The fourth-order valence-corrected chi connectivity index (χ4v) is 11.6. The van der Waals surface area contributed by atoms with Gasteiger partial charge in [0.1, 0.15) is 107 Å². The van der Waals surface area contributed by atoms with Crippen molar-refractivity contribution in [2.75, 3.05) is 34.4 Å². The highest BCUT2D eigenvalue weighted by molar-refractivity contribution is 6.33. The highest BCUT2D eigenvalue weighted by Crippen LogP contribution is 2.38. The number of aryl methyl sites for hydroxylation is 9. The molecule has 103 heavy (non-hydrogen) atoms. The molecule has 12 heterocycles. The number of nitrogens with zero attached hydrogens (tertiary/aromatic N) is 22. The van der Waals surface area contributed by atoms with E-state index < -0.39 is 0 Å². The Bertz CT molecular complexity index is 5890. The number of rotatable bonds is 5. The van der Waals surface area contributed by atoms with E-state index in [1.807, 2.05) is 106 Å². The molecule has 0 saturated heterocycles. The minimum atomic E-state index is 0. The number of anilines is 6. The molecule has 0 amide bonds. The lowest BCUT2D eigenvalue weighted by Crippen LogP contribution is -2.30. The van der Waals surface area contributed by atoms with Crippen LogP contribution in [0, 0.1) is 20.8 Å². The Balaban J connectivity index is 0.000000161. The van der Waals surface area contributed by atoms with Crippen LogP contribution in [0.2, 0.25) is 5.02 Å². The Hall–Kier alpha value is -13.3. The van der Waals surface area contributed by atoms with Gasteiger partial charge in [-0.2, -0.15) is 30.1 Å². The van der Waals surface area contributed by atoms with Gasteiger partial charge in [0.15, 0.2) is 22.6 Å². The topological polar surface area (TPSA) is 443 Å². The third kappa shape index (κ3) is 14.3. The number of aromatic amines is 2. The van der Waals surface area contributed by atoms with E-state index in [4.69, 9.17) is 46.0 Å². The number of nitrogens with one attached hydrogen (secondary N) is 2. The molecule has 5 aromatic carbocycles. The first-order valence-corrected chi connectivity index (χ1v) is 30.5. The molecule has 32 heteroatoms. The van der Waals surface area contributed by atoms with Gasteiger partial charge in [0.05, 0.1) is 55.0 Å². The van der Waals surface area contributed by atoms with Crippen LogP contribution in [0.15, 0.2) is 135 Å². The molecule has 0 unspecified atom stereocenters. The fourth-order valence-electron chi connectivity index (χ4n) is 11.4. The number of nitrogens with two attached hydrogens (primary N) is 6. The van der Waals surface area contributed by atoms with Gasteiger partial charge < -0.3 is 49.1 Å². The van der Waals surface area contributed by atoms with E-state index in [9.17, 15) is 5.11 Å². The minimum absolute atomic E-state index is 0. The van der Waals surface area contributed by atoms with Gasteiger partial charge in [-0.15, -0.1) is 0 Å². The van der Waals surface area contributed by atoms with Gasteiger partial charge in [-0.05, 0) is 97.5 Å². The lowest BCUT2D eigenvalue weighted by atomic mass is 10.0. The molecule has 0 aliphatic rings. The minimum Gasteiger partial charge on any atom is -0.508 e. The Morgan fingerprint density at radius 1 is 0.437 bits per heavy atom. The van der Waals surface area contributed by atoms with Crippen LogP contribution in [-0.2, 0) is 42.3 Å². The SMILES string of the molecule is C.C.C.C.C.Cc1ccc(-c2nn(C)c3ncnc(N)c23)cc1C.Cc1nc2ccc(-c3nn(C)c4ncnc(N)c34)cc2[nH]1.Cn1cnc2ccc(-c3[nH][n+](C)c4ncnc(N)c34)cc21.Cn1nc(-c2cc(O)ccc2Cl)c2c(N)ncnc21.Cn1nc(-c2ccc(N)cc2)c2c(N)ncnc21. The summed E-state index contributed by atoms with van der Waals surface area (Å²) in [6.45, 7) is 6.11. The van der Waals surface area contributed by atoms with Crippen LogP contribution in [0.3, 0.4) is 0 Å². The summed E-state index contributed by atoms with van der Waals surface area (Å²) in [4.78, 5) is 53.3. The number of benzene rings is 5. The van der Waals surface area contributed by atoms with Gasteiger partial charge in [0, 0.05) is 68.7 Å². The number of phenols is 1. The number of imidazole rings is 2. The molecule has 0 aliphatic heterocycles. The summed E-state index contributed by atoms with van der Waals surface area (Å²) in [6, 6.07) is 30.4. The van der Waals surface area contributed by atoms with Crippen molar-refractivity contribution in [1.29, 1.82) is 0 Å². The number of aromatic nitrogens is 24. The third-order valence-corrected chi connectivity index (χ3v) is 16.7. The van der Waals surface area contributed by atoms with E-state index in [-0.39, 0.29) is 42.9 Å². The van der Waals surface area contributed by atoms with Crippen LogP contribution in [0.5, 0.6) is 5.75 Å². The van der Waals surface area contributed by atoms with Crippen molar-refractivity contribution in [2.24, 2.45) is 42.3 Å². The number of fused-ring (bicyclic) bond motifs is 7. The van der Waals surface area contributed by atoms with Crippen LogP contribution in [0.1, 0.15) is 54.1 Å². The molecule has 0 atom stereocenters. The lowest BCUT2D eigenvalue weighted by Gasteiger charge is -2.03. The molecule has 0 fully saturated rings. The standard InChI is InChI=1S/2C14H13N7.C14H15N5.C12H10ClN5O.C12H12N6.5CH4/c1-20-7-18-9-4-3-8(5-10(9)20)12-11-13(15)16-6-17-14(11)21(2)19-12;1-7-18-9-4-3-8(5-10(9)19-7)12-11-13(15)16-6-17-14(11)21(2)20-12;1-8-4-5-10(6-9(8)2)12-11-13(15)16-7-17-14(11)19(3)18-12;1-18-12-9(11(14)15-5-16-12)10(17-18)7-4-6(19)2-3-8(7)13;1-18-12-9(11(14)15-6-16-12)10(17-18)7-2-4-8(13)5-3-7;;;;;/h3-7H,1-2H3,(H2,15,16,17,19);3-6H,1-2H3,(H,18,19)(H2,15,16,17);4-7H,1-3H3,(H2,15,16,17);2-5,19H,1H3,(H2,14,15,16);2-6H,13H2,1H3,(H2,14,15,16);5*1H4/p+1. The first kappa shape index (κ1) is 75.5. The Morgan fingerprint density at radius 3 is 1.40 bits per heavy atom. The number of phenolic OH excluding ortho intramolecular Hbond substituents is 1. The van der Waals surface area contributed by atoms with E-state index in [0.29, 0.717) is 67.7 Å². The third-order valence-electron chi connectivity index (χ3n) is 16.4. The summed E-state index contributed by atoms with van der Waals surface area (Å²) in [7, 11) is 11.2. The molecular formula is C71H84ClN30O+. The predicted molar refractivity (Wildman–Crippen MR) is 412 cm³/mol. The molecule has 0 bridgehead atoms. The average Bonchev–Trinajstić information content (AvgIpc) is 1.66. The van der Waals surface area contributed by atoms with E-state index in [0.717, 1.165) is 111 Å².